The number of unbranched alkanes of at least 4 members (excludes halogenated alkanes) is 1. The Morgan fingerprint density at radius 2 is 1.55 bits per heavy atom. The molecule has 0 bridgehead atoms. The molecule has 0 unspecified atom stereocenters. The van der Waals surface area contributed by atoms with E-state index >= 15 is 0 Å². The first-order valence-corrected chi connectivity index (χ1v) is 10.0. The van der Waals surface area contributed by atoms with Gasteiger partial charge in [0.2, 0.25) is 0 Å². The van der Waals surface area contributed by atoms with E-state index in [1.807, 2.05) is 0 Å². The summed E-state index contributed by atoms with van der Waals surface area (Å²) in [4.78, 5) is 2.16. The zero-order valence-corrected chi connectivity index (χ0v) is 14.7. The van der Waals surface area contributed by atoms with Gasteiger partial charge in [0.05, 0.1) is 0 Å². The number of benzene rings is 2. The Labute approximate surface area is 133 Å². The van der Waals surface area contributed by atoms with Crippen LogP contribution in [0.2, 0.25) is 4.47 Å². The molecule has 106 valence electrons. The van der Waals surface area contributed by atoms with Gasteiger partial charge >= 0.3 is 133 Å². The second kappa shape index (κ2) is 8.35. The molecule has 0 saturated carbocycles. The van der Waals surface area contributed by atoms with Crippen LogP contribution in [0.4, 0.5) is 5.69 Å². The topological polar surface area (TPSA) is 3.24 Å². The van der Waals surface area contributed by atoms with Gasteiger partial charge in [0.1, 0.15) is 0 Å². The summed E-state index contributed by atoms with van der Waals surface area (Å²) in [5, 5.41) is 0. The summed E-state index contributed by atoms with van der Waals surface area (Å²) in [5.74, 6) is 0. The van der Waals surface area contributed by atoms with Crippen molar-refractivity contribution in [1.29, 1.82) is 0 Å². The molecule has 0 aliphatic heterocycles. The van der Waals surface area contributed by atoms with E-state index in [9.17, 15) is 0 Å². The molecule has 0 amide bonds. The fourth-order valence-corrected chi connectivity index (χ4v) is 4.71. The number of nitrogens with zero attached hydrogens (tertiary/aromatic N) is 1. The van der Waals surface area contributed by atoms with Gasteiger partial charge in [0, 0.05) is 0 Å². The maximum atomic E-state index is 2.31. The minimum atomic E-state index is 0.0105. The maximum absolute atomic E-state index is 2.31. The second-order valence-corrected chi connectivity index (χ2v) is 8.51. The van der Waals surface area contributed by atoms with Crippen LogP contribution in [0.1, 0.15) is 18.4 Å². The third-order valence-corrected chi connectivity index (χ3v) is 6.46. The Kier molecular flexibility index (Phi) is 6.43. The van der Waals surface area contributed by atoms with Gasteiger partial charge in [-0.3, -0.25) is 0 Å². The van der Waals surface area contributed by atoms with E-state index in [4.69, 9.17) is 0 Å². The van der Waals surface area contributed by atoms with Gasteiger partial charge in [-0.05, 0) is 0 Å². The van der Waals surface area contributed by atoms with Gasteiger partial charge in [0.25, 0.3) is 0 Å². The molecule has 2 heteroatoms. The quantitative estimate of drug-likeness (QED) is 0.524. The molecule has 2 aromatic rings. The molecule has 0 radical (unpaired) electrons. The molecule has 0 N–H and O–H groups in total. The van der Waals surface area contributed by atoms with Crippen LogP contribution in [0.15, 0.2) is 54.6 Å². The average Bonchev–Trinajstić information content (AvgIpc) is 2.48. The number of anilines is 1. The van der Waals surface area contributed by atoms with Gasteiger partial charge in [-0.15, -0.1) is 0 Å². The van der Waals surface area contributed by atoms with E-state index in [1.165, 1.54) is 35.0 Å². The van der Waals surface area contributed by atoms with E-state index in [-0.39, 0.29) is 20.9 Å². The predicted molar refractivity (Wildman–Crippen MR) is 90.3 cm³/mol. The molecule has 2 rings (SSSR count). The summed E-state index contributed by atoms with van der Waals surface area (Å²) in [6.07, 6.45) is 3.92. The van der Waals surface area contributed by atoms with Crippen LogP contribution in [-0.4, -0.2) is 35.0 Å². The normalized spacial score (nSPS) is 10.5. The molecule has 20 heavy (non-hydrogen) atoms. The van der Waals surface area contributed by atoms with E-state index in [2.05, 4.69) is 73.6 Å². The third kappa shape index (κ3) is 5.19. The number of aryl methyl sites for hydroxylation is 1. The van der Waals surface area contributed by atoms with Crippen LogP contribution >= 0.6 is 0 Å². The Balaban J connectivity index is 1.66. The molecular weight excluding hydrogens is 358 g/mol. The van der Waals surface area contributed by atoms with E-state index in [0.717, 1.165) is 0 Å². The Bertz CT molecular complexity index is 491. The van der Waals surface area contributed by atoms with Crippen molar-refractivity contribution in [3.8, 4) is 0 Å². The molecular formula is C18H23NTe. The summed E-state index contributed by atoms with van der Waals surface area (Å²) in [5.41, 5.74) is 2.77. The van der Waals surface area contributed by atoms with Crippen LogP contribution in [0.5, 0.6) is 0 Å². The molecule has 0 spiro atoms. The first kappa shape index (κ1) is 15.4. The summed E-state index contributed by atoms with van der Waals surface area (Å²) in [6, 6.07) is 19.9. The van der Waals surface area contributed by atoms with Crippen molar-refractivity contribution in [2.45, 2.75) is 23.7 Å². The fraction of sp³-hybridized carbons (Fsp3) is 0.333. The van der Waals surface area contributed by atoms with E-state index in [1.54, 1.807) is 3.61 Å². The van der Waals surface area contributed by atoms with Crippen LogP contribution < -0.4 is 8.51 Å². The molecule has 0 atom stereocenters. The van der Waals surface area contributed by atoms with Crippen molar-refractivity contribution in [3.05, 3.63) is 60.2 Å². The molecule has 0 heterocycles. The first-order valence-electron chi connectivity index (χ1n) is 7.20. The van der Waals surface area contributed by atoms with Crippen molar-refractivity contribution >= 4 is 30.2 Å². The summed E-state index contributed by atoms with van der Waals surface area (Å²) in [6.45, 7) is 0. The standard InChI is InChI=1S/C18H23NTe/c1-19(2)17-11-13-18(14-12-17)20-15-7-6-10-16-8-4-3-5-9-16/h3-5,8-9,11-14H,6-7,10,15H2,1-2H3. The predicted octanol–water partition coefficient (Wildman–Crippen LogP) is 3.52. The summed E-state index contributed by atoms with van der Waals surface area (Å²) >= 11 is 0.0105. The number of hydrogen-bond acceptors (Lipinski definition) is 1. The second-order valence-electron chi connectivity index (χ2n) is 5.18. The first-order chi connectivity index (χ1) is 9.75. The molecule has 1 nitrogen and oxygen atoms in total. The van der Waals surface area contributed by atoms with Crippen molar-refractivity contribution in [2.75, 3.05) is 19.0 Å². The average molecular weight is 381 g/mol. The Hall–Kier alpha value is -0.970. The summed E-state index contributed by atoms with van der Waals surface area (Å²) in [7, 11) is 4.19. The van der Waals surface area contributed by atoms with Crippen LogP contribution in [-0.2, 0) is 6.42 Å². The van der Waals surface area contributed by atoms with E-state index in [0.29, 0.717) is 0 Å². The minimum absolute atomic E-state index is 0.0105. The van der Waals surface area contributed by atoms with Crippen LogP contribution in [0, 0.1) is 0 Å². The van der Waals surface area contributed by atoms with Gasteiger partial charge in [0.15, 0.2) is 0 Å². The Morgan fingerprint density at radius 3 is 2.20 bits per heavy atom. The third-order valence-electron chi connectivity index (χ3n) is 3.32. The zero-order valence-electron chi connectivity index (χ0n) is 12.4. The van der Waals surface area contributed by atoms with Gasteiger partial charge in [-0.25, -0.2) is 0 Å². The molecule has 0 aromatic heterocycles. The molecule has 0 aliphatic rings. The number of hydrogen-bond donors (Lipinski definition) is 0. The van der Waals surface area contributed by atoms with Crippen molar-refractivity contribution < 1.29 is 0 Å². The SMILES string of the molecule is CN(C)c1ccc([Te]CCCCc2ccccc2)cc1. The molecule has 2 aromatic carbocycles. The molecule has 0 aliphatic carbocycles. The summed E-state index contributed by atoms with van der Waals surface area (Å²) < 4.78 is 3.00. The van der Waals surface area contributed by atoms with Crippen LogP contribution in [0.25, 0.3) is 0 Å². The van der Waals surface area contributed by atoms with Gasteiger partial charge in [-0.1, -0.05) is 0 Å². The number of rotatable bonds is 7. The van der Waals surface area contributed by atoms with Crippen molar-refractivity contribution in [2.24, 2.45) is 0 Å². The van der Waals surface area contributed by atoms with Gasteiger partial charge < -0.3 is 0 Å². The van der Waals surface area contributed by atoms with Crippen molar-refractivity contribution in [3.63, 3.8) is 0 Å². The monoisotopic (exact) mass is 383 g/mol. The van der Waals surface area contributed by atoms with E-state index < -0.39 is 0 Å². The molecule has 0 fully saturated rings. The molecule has 0 saturated heterocycles. The van der Waals surface area contributed by atoms with Gasteiger partial charge in [-0.2, -0.15) is 0 Å². The van der Waals surface area contributed by atoms with Crippen molar-refractivity contribution in [1.82, 2.24) is 0 Å². The fourth-order valence-electron chi connectivity index (χ4n) is 2.11. The Morgan fingerprint density at radius 1 is 0.850 bits per heavy atom. The zero-order chi connectivity index (χ0) is 14.2. The van der Waals surface area contributed by atoms with Crippen LogP contribution in [0.3, 0.4) is 0 Å².